The third-order valence-corrected chi connectivity index (χ3v) is 4.71. The summed E-state index contributed by atoms with van der Waals surface area (Å²) in [6.07, 6.45) is -0.0176. The molecule has 0 unspecified atom stereocenters. The molecule has 160 valence electrons. The number of carbonyl (C=O) groups is 2. The summed E-state index contributed by atoms with van der Waals surface area (Å²) < 4.78 is 10.8. The van der Waals surface area contributed by atoms with Gasteiger partial charge < -0.3 is 20.1 Å². The topological polar surface area (TPSA) is 76.7 Å². The van der Waals surface area contributed by atoms with Gasteiger partial charge in [-0.25, -0.2) is 0 Å². The van der Waals surface area contributed by atoms with Gasteiger partial charge in [0.2, 0.25) is 0 Å². The maximum atomic E-state index is 12.7. The van der Waals surface area contributed by atoms with Crippen molar-refractivity contribution in [1.82, 2.24) is 5.32 Å². The Balaban J connectivity index is 1.58. The zero-order valence-electron chi connectivity index (χ0n) is 17.6. The predicted octanol–water partition coefficient (Wildman–Crippen LogP) is 4.07. The molecule has 0 saturated carbocycles. The maximum Gasteiger partial charge on any atom is 0.265 e. The summed E-state index contributed by atoms with van der Waals surface area (Å²) in [7, 11) is 1.58. The summed E-state index contributed by atoms with van der Waals surface area (Å²) in [5.74, 6) is 0.669. The quantitative estimate of drug-likeness (QED) is 0.549. The molecule has 0 heterocycles. The van der Waals surface area contributed by atoms with Gasteiger partial charge in [-0.05, 0) is 55.3 Å². The van der Waals surface area contributed by atoms with Crippen LogP contribution in [0.3, 0.4) is 0 Å². The Morgan fingerprint density at radius 1 is 0.871 bits per heavy atom. The largest absolute Gasteiger partial charge is 0.497 e. The molecule has 0 fully saturated rings. The number of para-hydroxylation sites is 1. The third-order valence-electron chi connectivity index (χ3n) is 4.71. The molecule has 2 N–H and O–H groups in total. The molecular formula is C25H26N2O4. The van der Waals surface area contributed by atoms with Crippen molar-refractivity contribution in [2.75, 3.05) is 19.0 Å². The summed E-state index contributed by atoms with van der Waals surface area (Å²) in [4.78, 5) is 25.3. The predicted molar refractivity (Wildman–Crippen MR) is 121 cm³/mol. The van der Waals surface area contributed by atoms with Crippen LogP contribution in [-0.2, 0) is 11.2 Å². The van der Waals surface area contributed by atoms with Gasteiger partial charge >= 0.3 is 0 Å². The molecule has 0 saturated heterocycles. The maximum absolute atomic E-state index is 12.7. The minimum absolute atomic E-state index is 0.240. The highest BCUT2D eigenvalue weighted by Crippen LogP contribution is 2.20. The lowest BCUT2D eigenvalue weighted by Crippen LogP contribution is -2.32. The van der Waals surface area contributed by atoms with E-state index in [1.54, 1.807) is 62.6 Å². The second-order valence-corrected chi connectivity index (χ2v) is 6.96. The van der Waals surface area contributed by atoms with Gasteiger partial charge in [0, 0.05) is 6.54 Å². The van der Waals surface area contributed by atoms with Crippen LogP contribution < -0.4 is 20.1 Å². The fraction of sp³-hybridized carbons (Fsp3) is 0.200. The molecule has 0 aliphatic carbocycles. The van der Waals surface area contributed by atoms with Crippen LogP contribution in [0.4, 0.5) is 5.69 Å². The van der Waals surface area contributed by atoms with Crippen molar-refractivity contribution < 1.29 is 19.1 Å². The van der Waals surface area contributed by atoms with Gasteiger partial charge in [-0.3, -0.25) is 9.59 Å². The smallest absolute Gasteiger partial charge is 0.265 e. The van der Waals surface area contributed by atoms with E-state index in [0.717, 1.165) is 12.0 Å². The van der Waals surface area contributed by atoms with E-state index in [9.17, 15) is 9.59 Å². The van der Waals surface area contributed by atoms with Gasteiger partial charge in [0.25, 0.3) is 11.8 Å². The summed E-state index contributed by atoms with van der Waals surface area (Å²) in [5, 5.41) is 5.70. The lowest BCUT2D eigenvalue weighted by molar-refractivity contribution is -0.122. The number of rotatable bonds is 9. The van der Waals surface area contributed by atoms with E-state index in [-0.39, 0.29) is 11.8 Å². The van der Waals surface area contributed by atoms with Crippen molar-refractivity contribution in [3.05, 3.63) is 90.0 Å². The number of carbonyl (C=O) groups excluding carboxylic acids is 2. The van der Waals surface area contributed by atoms with Crippen molar-refractivity contribution in [3.63, 3.8) is 0 Å². The van der Waals surface area contributed by atoms with Crippen molar-refractivity contribution in [2.24, 2.45) is 0 Å². The lowest BCUT2D eigenvalue weighted by Gasteiger charge is -2.16. The number of amides is 2. The van der Waals surface area contributed by atoms with Crippen molar-refractivity contribution in [2.45, 2.75) is 19.4 Å². The van der Waals surface area contributed by atoms with E-state index in [4.69, 9.17) is 9.47 Å². The highest BCUT2D eigenvalue weighted by molar-refractivity contribution is 6.04. The number of benzene rings is 3. The van der Waals surface area contributed by atoms with E-state index in [1.165, 1.54) is 0 Å². The Kier molecular flexibility index (Phi) is 7.65. The normalized spacial score (nSPS) is 11.3. The number of methoxy groups -OCH3 is 1. The van der Waals surface area contributed by atoms with Crippen LogP contribution in [0, 0.1) is 0 Å². The number of hydrogen-bond acceptors (Lipinski definition) is 4. The molecular weight excluding hydrogens is 392 g/mol. The second kappa shape index (κ2) is 10.8. The minimum atomic E-state index is -0.748. The van der Waals surface area contributed by atoms with E-state index >= 15 is 0 Å². The SMILES string of the molecule is COc1ccc(O[C@H](C)C(=O)Nc2ccccc2C(=O)NCCc2ccccc2)cc1. The Labute approximate surface area is 182 Å². The molecule has 0 aliphatic heterocycles. The van der Waals surface area contributed by atoms with Gasteiger partial charge in [0.1, 0.15) is 11.5 Å². The summed E-state index contributed by atoms with van der Waals surface area (Å²) in [5.41, 5.74) is 1.99. The van der Waals surface area contributed by atoms with Crippen molar-refractivity contribution in [1.29, 1.82) is 0 Å². The molecule has 3 rings (SSSR count). The fourth-order valence-electron chi connectivity index (χ4n) is 3.00. The monoisotopic (exact) mass is 418 g/mol. The van der Waals surface area contributed by atoms with Gasteiger partial charge in [-0.15, -0.1) is 0 Å². The van der Waals surface area contributed by atoms with Crippen LogP contribution in [-0.4, -0.2) is 31.6 Å². The molecule has 0 spiro atoms. The average molecular weight is 418 g/mol. The van der Waals surface area contributed by atoms with Crippen molar-refractivity contribution in [3.8, 4) is 11.5 Å². The molecule has 0 radical (unpaired) electrons. The summed E-state index contributed by atoms with van der Waals surface area (Å²) >= 11 is 0. The van der Waals surface area contributed by atoms with Crippen LogP contribution in [0.5, 0.6) is 11.5 Å². The van der Waals surface area contributed by atoms with E-state index in [0.29, 0.717) is 29.3 Å². The van der Waals surface area contributed by atoms with Crippen LogP contribution in [0.1, 0.15) is 22.8 Å². The minimum Gasteiger partial charge on any atom is -0.497 e. The molecule has 31 heavy (non-hydrogen) atoms. The van der Waals surface area contributed by atoms with Gasteiger partial charge in [0.05, 0.1) is 18.4 Å². The first-order chi connectivity index (χ1) is 15.1. The fourth-order valence-corrected chi connectivity index (χ4v) is 3.00. The first kappa shape index (κ1) is 21.9. The average Bonchev–Trinajstić information content (AvgIpc) is 2.80. The zero-order chi connectivity index (χ0) is 22.1. The first-order valence-corrected chi connectivity index (χ1v) is 10.1. The number of anilines is 1. The number of nitrogens with one attached hydrogen (secondary N) is 2. The Bertz CT molecular complexity index is 1000. The Morgan fingerprint density at radius 3 is 2.23 bits per heavy atom. The number of ether oxygens (including phenoxy) is 2. The molecule has 0 bridgehead atoms. The molecule has 3 aromatic carbocycles. The molecule has 0 aromatic heterocycles. The molecule has 1 atom stereocenters. The molecule has 6 nitrogen and oxygen atoms in total. The summed E-state index contributed by atoms with van der Waals surface area (Å²) in [6, 6.07) is 23.8. The highest BCUT2D eigenvalue weighted by Gasteiger charge is 2.18. The molecule has 6 heteroatoms. The lowest BCUT2D eigenvalue weighted by atomic mass is 10.1. The van der Waals surface area contributed by atoms with Crippen LogP contribution >= 0.6 is 0 Å². The van der Waals surface area contributed by atoms with Gasteiger partial charge in [0.15, 0.2) is 6.10 Å². The van der Waals surface area contributed by atoms with Gasteiger partial charge in [-0.2, -0.15) is 0 Å². The molecule has 0 aliphatic rings. The van der Waals surface area contributed by atoms with Gasteiger partial charge in [-0.1, -0.05) is 42.5 Å². The summed E-state index contributed by atoms with van der Waals surface area (Å²) in [6.45, 7) is 2.16. The Hall–Kier alpha value is -3.80. The van der Waals surface area contributed by atoms with Crippen LogP contribution in [0.2, 0.25) is 0 Å². The highest BCUT2D eigenvalue weighted by atomic mass is 16.5. The first-order valence-electron chi connectivity index (χ1n) is 10.1. The van der Waals surface area contributed by atoms with E-state index in [2.05, 4.69) is 10.6 Å². The third kappa shape index (κ3) is 6.34. The van der Waals surface area contributed by atoms with Crippen LogP contribution in [0.15, 0.2) is 78.9 Å². The second-order valence-electron chi connectivity index (χ2n) is 6.96. The van der Waals surface area contributed by atoms with E-state index in [1.807, 2.05) is 30.3 Å². The zero-order valence-corrected chi connectivity index (χ0v) is 17.6. The van der Waals surface area contributed by atoms with Crippen molar-refractivity contribution >= 4 is 17.5 Å². The number of hydrogen-bond donors (Lipinski definition) is 2. The molecule has 3 aromatic rings. The Morgan fingerprint density at radius 2 is 1.52 bits per heavy atom. The standard InChI is InChI=1S/C25H26N2O4/c1-18(31-21-14-12-20(30-2)13-15-21)24(28)27-23-11-7-6-10-22(23)25(29)26-17-16-19-8-4-3-5-9-19/h3-15,18H,16-17H2,1-2H3,(H,26,29)(H,27,28)/t18-/m1/s1. The van der Waals surface area contributed by atoms with Crippen LogP contribution in [0.25, 0.3) is 0 Å². The van der Waals surface area contributed by atoms with E-state index < -0.39 is 6.10 Å². The molecule has 2 amide bonds.